The third kappa shape index (κ3) is 6.74. The number of aromatic nitrogens is 2. The summed E-state index contributed by atoms with van der Waals surface area (Å²) in [6, 6.07) is 3.98. The van der Waals surface area contributed by atoms with Gasteiger partial charge in [-0.1, -0.05) is 34.4 Å². The van der Waals surface area contributed by atoms with Crippen LogP contribution in [0.25, 0.3) is 0 Å². The normalized spacial score (nSPS) is 25.5. The third-order valence-electron chi connectivity index (χ3n) is 8.08. The van der Waals surface area contributed by atoms with Crippen LogP contribution in [0.3, 0.4) is 0 Å². The van der Waals surface area contributed by atoms with Crippen molar-refractivity contribution in [1.82, 2.24) is 10.2 Å². The van der Waals surface area contributed by atoms with E-state index in [9.17, 15) is 32.7 Å². The van der Waals surface area contributed by atoms with Gasteiger partial charge in [0.2, 0.25) is 11.8 Å². The number of nitrogens with zero attached hydrogens (tertiary/aromatic N) is 2. The van der Waals surface area contributed by atoms with E-state index in [1.54, 1.807) is 4.90 Å². The largest absolute Gasteiger partial charge is 0.477 e. The molecule has 8 nitrogen and oxygen atoms in total. The Balaban J connectivity index is 1.41. The van der Waals surface area contributed by atoms with E-state index >= 15 is 0 Å². The molecule has 220 valence electrons. The summed E-state index contributed by atoms with van der Waals surface area (Å²) in [6.45, 7) is 0. The first-order valence-electron chi connectivity index (χ1n) is 13.6. The molecular formula is C28H29F3IN3O5S. The molecule has 5 rings (SSSR count). The first-order valence-corrected chi connectivity index (χ1v) is 15.7. The second-order valence-corrected chi connectivity index (χ2v) is 13.7. The van der Waals surface area contributed by atoms with Gasteiger partial charge >= 0.3 is 12.1 Å². The van der Waals surface area contributed by atoms with E-state index in [-0.39, 0.29) is 63.7 Å². The van der Waals surface area contributed by atoms with Crippen molar-refractivity contribution in [3.8, 4) is 17.7 Å². The van der Waals surface area contributed by atoms with Crippen LogP contribution in [-0.4, -0.2) is 49.4 Å². The Morgan fingerprint density at radius 2 is 1.80 bits per heavy atom. The van der Waals surface area contributed by atoms with Crippen LogP contribution in [0.4, 0.5) is 18.9 Å². The second-order valence-electron chi connectivity index (χ2n) is 10.9. The fraction of sp³-hybridized carbons (Fsp3) is 0.571. The zero-order chi connectivity index (χ0) is 29.4. The number of carboxylic acid groups (broad SMARTS) is 1. The van der Waals surface area contributed by atoms with E-state index in [1.165, 1.54) is 18.2 Å². The molecule has 0 aromatic carbocycles. The number of carbonyl (C=O) groups is 2. The lowest BCUT2D eigenvalue weighted by atomic mass is 9.86. The van der Waals surface area contributed by atoms with Crippen molar-refractivity contribution in [2.45, 2.75) is 86.5 Å². The Kier molecular flexibility index (Phi) is 8.71. The summed E-state index contributed by atoms with van der Waals surface area (Å²) in [7, 11) is 0. The lowest BCUT2D eigenvalue weighted by molar-refractivity contribution is -0.168. The summed E-state index contributed by atoms with van der Waals surface area (Å²) in [6.07, 6.45) is 0.618. The van der Waals surface area contributed by atoms with E-state index in [0.717, 1.165) is 24.2 Å². The minimum atomic E-state index is -4.44. The summed E-state index contributed by atoms with van der Waals surface area (Å²) in [5.74, 6) is 3.58. The molecule has 2 N–H and O–H groups in total. The molecule has 0 unspecified atom stereocenters. The van der Waals surface area contributed by atoms with Crippen molar-refractivity contribution < 1.29 is 32.6 Å². The highest BCUT2D eigenvalue weighted by molar-refractivity contribution is 14.1. The molecule has 3 fully saturated rings. The summed E-state index contributed by atoms with van der Waals surface area (Å²) in [5.41, 5.74) is -2.17. The summed E-state index contributed by atoms with van der Waals surface area (Å²) in [5, 5.41) is 16.3. The SMILES string of the molecule is O=C(O)c1sc(C#CC2(C(F)(F)F)CC2)cc1N(C(=O)C1CCC(I)CC1)C1CCC(Oc2ccc(=O)[nH]n2)CC1. The average molecular weight is 704 g/mol. The maximum Gasteiger partial charge on any atom is 0.405 e. The molecule has 0 bridgehead atoms. The Hall–Kier alpha value is -2.60. The number of alkyl halides is 4. The van der Waals surface area contributed by atoms with Crippen molar-refractivity contribution in [2.75, 3.05) is 4.90 Å². The molecule has 3 saturated carbocycles. The molecule has 13 heteroatoms. The maximum absolute atomic E-state index is 14.0. The second kappa shape index (κ2) is 11.9. The Morgan fingerprint density at radius 1 is 1.12 bits per heavy atom. The molecule has 2 heterocycles. The predicted molar refractivity (Wildman–Crippen MR) is 155 cm³/mol. The summed E-state index contributed by atoms with van der Waals surface area (Å²) >= 11 is 3.19. The van der Waals surface area contributed by atoms with E-state index in [4.69, 9.17) is 4.74 Å². The molecule has 1 amide bonds. The molecule has 2 aromatic heterocycles. The van der Waals surface area contributed by atoms with Crippen LogP contribution in [0.2, 0.25) is 0 Å². The van der Waals surface area contributed by atoms with Crippen LogP contribution in [0, 0.1) is 23.2 Å². The predicted octanol–water partition coefficient (Wildman–Crippen LogP) is 5.94. The van der Waals surface area contributed by atoms with Gasteiger partial charge in [-0.2, -0.15) is 13.2 Å². The maximum atomic E-state index is 14.0. The first kappa shape index (κ1) is 29.9. The van der Waals surface area contributed by atoms with Crippen molar-refractivity contribution in [2.24, 2.45) is 11.3 Å². The fourth-order valence-corrected chi connectivity index (χ4v) is 7.10. The molecule has 3 aliphatic carbocycles. The number of thiophene rings is 1. The standard InChI is InChI=1S/C28H29F3IN3O5S/c29-28(30,31)27(13-14-27)12-11-20-15-21(24(41-20)26(38)39)35(25(37)16-1-3-17(32)4-2-16)18-5-7-19(8-6-18)40-23-10-9-22(36)33-34-23/h9-10,15-19H,1-8,13-14H2,(H,33,36)(H,38,39). The van der Waals surface area contributed by atoms with Gasteiger partial charge in [-0.15, -0.1) is 16.4 Å². The number of nitrogens with one attached hydrogen (secondary N) is 1. The first-order chi connectivity index (χ1) is 19.5. The number of carboxylic acids is 1. The highest BCUT2D eigenvalue weighted by Crippen LogP contribution is 2.57. The summed E-state index contributed by atoms with van der Waals surface area (Å²) < 4.78 is 46.7. The van der Waals surface area contributed by atoms with Gasteiger partial charge in [-0.25, -0.2) is 9.89 Å². The molecule has 2 aromatic rings. The molecule has 41 heavy (non-hydrogen) atoms. The number of aromatic carboxylic acids is 1. The number of amides is 1. The highest BCUT2D eigenvalue weighted by Gasteiger charge is 2.62. The lowest BCUT2D eigenvalue weighted by Crippen LogP contribution is -2.47. The minimum Gasteiger partial charge on any atom is -0.477 e. The van der Waals surface area contributed by atoms with Crippen LogP contribution in [0.15, 0.2) is 23.0 Å². The van der Waals surface area contributed by atoms with E-state index < -0.39 is 17.6 Å². The van der Waals surface area contributed by atoms with Crippen LogP contribution >= 0.6 is 33.9 Å². The number of anilines is 1. The molecule has 0 spiro atoms. The fourth-order valence-electron chi connectivity index (χ4n) is 5.54. The zero-order valence-electron chi connectivity index (χ0n) is 22.0. The number of ether oxygens (including phenoxy) is 1. The zero-order valence-corrected chi connectivity index (χ0v) is 25.0. The van der Waals surface area contributed by atoms with Crippen LogP contribution < -0.4 is 15.2 Å². The Labute approximate surface area is 252 Å². The molecule has 0 saturated heterocycles. The molecule has 0 aliphatic heterocycles. The topological polar surface area (TPSA) is 113 Å². The van der Waals surface area contributed by atoms with E-state index in [1.807, 2.05) is 0 Å². The highest BCUT2D eigenvalue weighted by atomic mass is 127. The van der Waals surface area contributed by atoms with Gasteiger partial charge in [0.1, 0.15) is 16.4 Å². The molecular weight excluding hydrogens is 674 g/mol. The van der Waals surface area contributed by atoms with Gasteiger partial charge in [-0.3, -0.25) is 9.59 Å². The molecule has 0 radical (unpaired) electrons. The van der Waals surface area contributed by atoms with Gasteiger partial charge in [0.05, 0.1) is 10.6 Å². The third-order valence-corrected chi connectivity index (χ3v) is 10.4. The van der Waals surface area contributed by atoms with Crippen LogP contribution in [-0.2, 0) is 4.79 Å². The van der Waals surface area contributed by atoms with Gasteiger partial charge < -0.3 is 14.7 Å². The molecule has 0 atom stereocenters. The monoisotopic (exact) mass is 703 g/mol. The lowest BCUT2D eigenvalue weighted by Gasteiger charge is -2.39. The Bertz CT molecular complexity index is 1390. The van der Waals surface area contributed by atoms with Crippen LogP contribution in [0.5, 0.6) is 5.88 Å². The van der Waals surface area contributed by atoms with Crippen LogP contribution in [0.1, 0.15) is 78.8 Å². The number of carbonyl (C=O) groups excluding carboxylic acids is 1. The quantitative estimate of drug-likeness (QED) is 0.219. The minimum absolute atomic E-state index is 0.0719. The van der Waals surface area contributed by atoms with Crippen molar-refractivity contribution in [3.05, 3.63) is 38.3 Å². The smallest absolute Gasteiger partial charge is 0.405 e. The van der Waals surface area contributed by atoms with Gasteiger partial charge in [0, 0.05) is 28.0 Å². The van der Waals surface area contributed by atoms with Gasteiger partial charge in [0.15, 0.2) is 0 Å². The van der Waals surface area contributed by atoms with Gasteiger partial charge in [0.25, 0.3) is 5.56 Å². The van der Waals surface area contributed by atoms with E-state index in [2.05, 4.69) is 44.6 Å². The van der Waals surface area contributed by atoms with E-state index in [0.29, 0.717) is 42.4 Å². The number of aromatic amines is 1. The number of halogens is 4. The van der Waals surface area contributed by atoms with Crippen molar-refractivity contribution in [1.29, 1.82) is 0 Å². The van der Waals surface area contributed by atoms with Crippen molar-refractivity contribution in [3.63, 3.8) is 0 Å². The average Bonchev–Trinajstić information content (AvgIpc) is 3.63. The van der Waals surface area contributed by atoms with Crippen molar-refractivity contribution >= 4 is 51.5 Å². The number of H-pyrrole nitrogens is 1. The summed E-state index contributed by atoms with van der Waals surface area (Å²) in [4.78, 5) is 39.3. The Morgan fingerprint density at radius 3 is 2.37 bits per heavy atom. The number of rotatable bonds is 6. The number of hydrogen-bond acceptors (Lipinski definition) is 6. The number of hydrogen-bond donors (Lipinski definition) is 2. The van der Waals surface area contributed by atoms with Gasteiger partial charge in [-0.05, 0) is 70.3 Å². The molecule has 3 aliphatic rings.